The Labute approximate surface area is 320 Å². The summed E-state index contributed by atoms with van der Waals surface area (Å²) < 4.78 is 0. The van der Waals surface area contributed by atoms with Gasteiger partial charge in [-0.15, -0.1) is 0 Å². The molecule has 4 nitrogen and oxygen atoms in total. The first-order chi connectivity index (χ1) is 25.2. The standard InChI is InChI=1S/C47H93NO3/c1-3-5-7-9-11-13-15-17-19-21-23-25-26-28-30-32-34-36-38-40-42-46(50)45(44-49)48-47(51)43-41-39-37-35-33-31-29-27-24-22-20-18-16-14-12-10-8-6-4-2/h22,24,45-46,49-50H,3-21,23,25-44H2,1-2H3,(H,48,51)/b24-22-. The van der Waals surface area contributed by atoms with Gasteiger partial charge in [0.25, 0.3) is 0 Å². The zero-order valence-electron chi connectivity index (χ0n) is 34.9. The van der Waals surface area contributed by atoms with E-state index in [0.717, 1.165) is 25.7 Å². The van der Waals surface area contributed by atoms with Crippen LogP contribution in [0.15, 0.2) is 12.2 Å². The second kappa shape index (κ2) is 43.5. The maximum Gasteiger partial charge on any atom is 0.220 e. The van der Waals surface area contributed by atoms with Crippen LogP contribution in [-0.2, 0) is 4.79 Å². The fraction of sp³-hybridized carbons (Fsp3) is 0.936. The van der Waals surface area contributed by atoms with Gasteiger partial charge in [0.15, 0.2) is 0 Å². The lowest BCUT2D eigenvalue weighted by atomic mass is 10.0. The molecule has 0 aliphatic rings. The predicted octanol–water partition coefficient (Wildman–Crippen LogP) is 14.6. The van der Waals surface area contributed by atoms with Gasteiger partial charge in [-0.05, 0) is 38.5 Å². The minimum Gasteiger partial charge on any atom is -0.394 e. The Morgan fingerprint density at radius 1 is 0.451 bits per heavy atom. The number of rotatable bonds is 43. The first kappa shape index (κ1) is 50.1. The molecule has 0 aromatic rings. The van der Waals surface area contributed by atoms with Crippen LogP contribution in [0.25, 0.3) is 0 Å². The number of hydrogen-bond donors (Lipinski definition) is 3. The Morgan fingerprint density at radius 2 is 0.745 bits per heavy atom. The normalized spacial score (nSPS) is 12.9. The van der Waals surface area contributed by atoms with Gasteiger partial charge in [0.05, 0.1) is 18.8 Å². The summed E-state index contributed by atoms with van der Waals surface area (Å²) in [5.74, 6) is -0.0321. The quantitative estimate of drug-likeness (QED) is 0.0434. The third-order valence-corrected chi connectivity index (χ3v) is 11.0. The van der Waals surface area contributed by atoms with E-state index in [4.69, 9.17) is 0 Å². The van der Waals surface area contributed by atoms with Crippen LogP contribution in [0, 0.1) is 0 Å². The van der Waals surface area contributed by atoms with Crippen molar-refractivity contribution in [3.05, 3.63) is 12.2 Å². The minimum absolute atomic E-state index is 0.0321. The SMILES string of the molecule is CCCCCCCCCC/C=C\CCCCCCCCCC(=O)NC(CO)C(O)CCCCCCCCCCCCCCCCCCCCCC. The molecular formula is C47H93NO3. The molecule has 0 aliphatic heterocycles. The summed E-state index contributed by atoms with van der Waals surface area (Å²) in [7, 11) is 0. The van der Waals surface area contributed by atoms with E-state index in [1.54, 1.807) is 0 Å². The maximum absolute atomic E-state index is 12.4. The van der Waals surface area contributed by atoms with Gasteiger partial charge in [-0.2, -0.15) is 0 Å². The monoisotopic (exact) mass is 720 g/mol. The highest BCUT2D eigenvalue weighted by Gasteiger charge is 2.20. The van der Waals surface area contributed by atoms with Gasteiger partial charge >= 0.3 is 0 Å². The van der Waals surface area contributed by atoms with Crippen molar-refractivity contribution in [2.45, 2.75) is 276 Å². The highest BCUT2D eigenvalue weighted by molar-refractivity contribution is 5.76. The zero-order chi connectivity index (χ0) is 37.1. The Hall–Kier alpha value is -0.870. The number of nitrogens with one attached hydrogen (secondary N) is 1. The smallest absolute Gasteiger partial charge is 0.220 e. The molecule has 0 aliphatic carbocycles. The van der Waals surface area contributed by atoms with E-state index in [0.29, 0.717) is 12.8 Å². The van der Waals surface area contributed by atoms with Crippen LogP contribution < -0.4 is 5.32 Å². The Balaban J connectivity index is 3.48. The first-order valence-corrected chi connectivity index (χ1v) is 23.4. The summed E-state index contributed by atoms with van der Waals surface area (Å²) in [6, 6.07) is -0.535. The number of carbonyl (C=O) groups excluding carboxylic acids is 1. The lowest BCUT2D eigenvalue weighted by Crippen LogP contribution is -2.45. The largest absolute Gasteiger partial charge is 0.394 e. The van der Waals surface area contributed by atoms with Crippen molar-refractivity contribution in [2.24, 2.45) is 0 Å². The van der Waals surface area contributed by atoms with Crippen LogP contribution in [0.2, 0.25) is 0 Å². The second-order valence-corrected chi connectivity index (χ2v) is 16.2. The average Bonchev–Trinajstić information content (AvgIpc) is 3.13. The van der Waals surface area contributed by atoms with Crippen molar-refractivity contribution >= 4 is 5.91 Å². The molecular weight excluding hydrogens is 627 g/mol. The van der Waals surface area contributed by atoms with Crippen molar-refractivity contribution < 1.29 is 15.0 Å². The number of aliphatic hydroxyl groups excluding tert-OH is 2. The van der Waals surface area contributed by atoms with Crippen LogP contribution in [0.1, 0.15) is 264 Å². The summed E-state index contributed by atoms with van der Waals surface area (Å²) in [4.78, 5) is 12.4. The minimum atomic E-state index is -0.658. The molecule has 0 saturated heterocycles. The van der Waals surface area contributed by atoms with Crippen LogP contribution in [0.3, 0.4) is 0 Å². The van der Waals surface area contributed by atoms with Crippen LogP contribution in [0.4, 0.5) is 0 Å². The molecule has 0 saturated carbocycles. The fourth-order valence-electron chi connectivity index (χ4n) is 7.42. The van der Waals surface area contributed by atoms with Crippen LogP contribution in [-0.4, -0.2) is 34.9 Å². The summed E-state index contributed by atoms with van der Waals surface area (Å²) in [5.41, 5.74) is 0. The van der Waals surface area contributed by atoms with Crippen molar-refractivity contribution in [1.82, 2.24) is 5.32 Å². The second-order valence-electron chi connectivity index (χ2n) is 16.2. The van der Waals surface area contributed by atoms with Crippen molar-refractivity contribution in [2.75, 3.05) is 6.61 Å². The van der Waals surface area contributed by atoms with Crippen molar-refractivity contribution in [3.8, 4) is 0 Å². The third kappa shape index (κ3) is 40.2. The van der Waals surface area contributed by atoms with E-state index in [-0.39, 0.29) is 12.5 Å². The molecule has 0 spiro atoms. The van der Waals surface area contributed by atoms with Crippen molar-refractivity contribution in [3.63, 3.8) is 0 Å². The van der Waals surface area contributed by atoms with E-state index in [1.165, 1.54) is 212 Å². The van der Waals surface area contributed by atoms with E-state index in [1.807, 2.05) is 0 Å². The Morgan fingerprint density at radius 3 is 1.08 bits per heavy atom. The maximum atomic E-state index is 12.4. The lowest BCUT2D eigenvalue weighted by molar-refractivity contribution is -0.123. The van der Waals surface area contributed by atoms with Gasteiger partial charge in [0.1, 0.15) is 0 Å². The van der Waals surface area contributed by atoms with E-state index >= 15 is 0 Å². The number of hydrogen-bond acceptors (Lipinski definition) is 3. The van der Waals surface area contributed by atoms with Gasteiger partial charge in [-0.1, -0.05) is 231 Å². The molecule has 0 rings (SSSR count). The summed E-state index contributed by atoms with van der Waals surface area (Å²) in [6.07, 6.45) is 54.4. The molecule has 51 heavy (non-hydrogen) atoms. The lowest BCUT2D eigenvalue weighted by Gasteiger charge is -2.22. The molecule has 4 heteroatoms. The predicted molar refractivity (Wildman–Crippen MR) is 226 cm³/mol. The van der Waals surface area contributed by atoms with E-state index in [2.05, 4.69) is 31.3 Å². The number of aliphatic hydroxyl groups is 2. The van der Waals surface area contributed by atoms with Crippen molar-refractivity contribution in [1.29, 1.82) is 0 Å². The fourth-order valence-corrected chi connectivity index (χ4v) is 7.42. The molecule has 0 aromatic carbocycles. The Bertz CT molecular complexity index is 695. The topological polar surface area (TPSA) is 69.6 Å². The number of carbonyl (C=O) groups is 1. The molecule has 2 unspecified atom stereocenters. The van der Waals surface area contributed by atoms with Gasteiger partial charge < -0.3 is 15.5 Å². The zero-order valence-corrected chi connectivity index (χ0v) is 34.9. The first-order valence-electron chi connectivity index (χ1n) is 23.4. The van der Waals surface area contributed by atoms with Crippen LogP contribution >= 0.6 is 0 Å². The number of amides is 1. The highest BCUT2D eigenvalue weighted by Crippen LogP contribution is 2.17. The molecule has 3 N–H and O–H groups in total. The summed E-state index contributed by atoms with van der Waals surface area (Å²) >= 11 is 0. The summed E-state index contributed by atoms with van der Waals surface area (Å²) in [5, 5.41) is 23.2. The average molecular weight is 720 g/mol. The highest BCUT2D eigenvalue weighted by atomic mass is 16.3. The van der Waals surface area contributed by atoms with E-state index < -0.39 is 12.1 Å². The molecule has 0 radical (unpaired) electrons. The van der Waals surface area contributed by atoms with Gasteiger partial charge in [0.2, 0.25) is 5.91 Å². The molecule has 304 valence electrons. The van der Waals surface area contributed by atoms with E-state index in [9.17, 15) is 15.0 Å². The molecule has 0 bridgehead atoms. The molecule has 0 aromatic heterocycles. The molecule has 1 amide bonds. The molecule has 2 atom stereocenters. The number of unbranched alkanes of at least 4 members (excludes halogenated alkanes) is 34. The number of allylic oxidation sites excluding steroid dienone is 2. The summed E-state index contributed by atoms with van der Waals surface area (Å²) in [6.45, 7) is 4.38. The van der Waals surface area contributed by atoms with Gasteiger partial charge in [-0.25, -0.2) is 0 Å². The van der Waals surface area contributed by atoms with Gasteiger partial charge in [0, 0.05) is 6.42 Å². The molecule has 0 heterocycles. The molecule has 0 fully saturated rings. The van der Waals surface area contributed by atoms with Crippen LogP contribution in [0.5, 0.6) is 0 Å². The van der Waals surface area contributed by atoms with Gasteiger partial charge in [-0.3, -0.25) is 4.79 Å². The Kier molecular flexibility index (Phi) is 42.8. The third-order valence-electron chi connectivity index (χ3n) is 11.0.